The van der Waals surface area contributed by atoms with Gasteiger partial charge in [-0.2, -0.15) is 0 Å². The Morgan fingerprint density at radius 2 is 1.52 bits per heavy atom. The molecule has 10 nitrogen and oxygen atoms in total. The summed E-state index contributed by atoms with van der Waals surface area (Å²) in [6.07, 6.45) is -3.99. The molecule has 25 heavy (non-hydrogen) atoms. The van der Waals surface area contributed by atoms with Gasteiger partial charge in [-0.15, -0.1) is 0 Å². The van der Waals surface area contributed by atoms with Crippen LogP contribution in [0, 0.1) is 0 Å². The maximum Gasteiger partial charge on any atom is 0.176 e. The molecule has 148 valence electrons. The summed E-state index contributed by atoms with van der Waals surface area (Å²) >= 11 is 0. The van der Waals surface area contributed by atoms with Gasteiger partial charge >= 0.3 is 0 Å². The molecule has 0 aromatic carbocycles. The molecule has 2 aliphatic rings. The third-order valence-corrected chi connectivity index (χ3v) is 5.10. The van der Waals surface area contributed by atoms with Crippen LogP contribution < -0.4 is 22.9 Å². The van der Waals surface area contributed by atoms with E-state index in [2.05, 4.69) is 0 Å². The molecule has 10 heteroatoms. The Labute approximate surface area is 148 Å². The minimum Gasteiger partial charge on any atom is -0.389 e. The number of hydrogen-bond donors (Lipinski definition) is 5. The van der Waals surface area contributed by atoms with Crippen LogP contribution in [0.25, 0.3) is 0 Å². The molecule has 0 spiro atoms. The van der Waals surface area contributed by atoms with Gasteiger partial charge in [0.05, 0.1) is 12.1 Å². The summed E-state index contributed by atoms with van der Waals surface area (Å²) in [6, 6.07) is -1.55. The van der Waals surface area contributed by atoms with E-state index in [-0.39, 0.29) is 6.54 Å². The second kappa shape index (κ2) is 9.00. The van der Waals surface area contributed by atoms with Crippen molar-refractivity contribution >= 4 is 0 Å². The van der Waals surface area contributed by atoms with Gasteiger partial charge in [0.15, 0.2) is 6.29 Å². The fraction of sp³-hybridized carbons (Fsp3) is 1.00. The lowest BCUT2D eigenvalue weighted by Crippen LogP contribution is -2.68. The minimum atomic E-state index is -0.898. The molecule has 1 saturated carbocycles. The summed E-state index contributed by atoms with van der Waals surface area (Å²) in [5.74, 6) is 0. The molecule has 0 bridgehead atoms. The summed E-state index contributed by atoms with van der Waals surface area (Å²) in [6.45, 7) is 0.211. The van der Waals surface area contributed by atoms with E-state index in [1.165, 1.54) is 7.11 Å². The third-order valence-electron chi connectivity index (χ3n) is 5.10. The van der Waals surface area contributed by atoms with Crippen LogP contribution in [0.2, 0.25) is 0 Å². The van der Waals surface area contributed by atoms with Gasteiger partial charge in [-0.1, -0.05) is 0 Å². The van der Waals surface area contributed by atoms with E-state index in [4.69, 9.17) is 46.6 Å². The van der Waals surface area contributed by atoms with Crippen molar-refractivity contribution in [3.05, 3.63) is 0 Å². The van der Waals surface area contributed by atoms with E-state index in [0.29, 0.717) is 6.42 Å². The molecule has 1 saturated heterocycles. The number of aliphatic hydroxyl groups excluding tert-OH is 1. The third kappa shape index (κ3) is 4.14. The molecule has 2 fully saturated rings. The first-order chi connectivity index (χ1) is 11.9. The van der Waals surface area contributed by atoms with Crippen LogP contribution in [0.5, 0.6) is 0 Å². The monoisotopic (exact) mass is 364 g/mol. The molecule has 1 aliphatic heterocycles. The van der Waals surface area contributed by atoms with Crippen LogP contribution in [0.1, 0.15) is 6.42 Å². The van der Waals surface area contributed by atoms with Gasteiger partial charge in [0.2, 0.25) is 0 Å². The molecule has 9 N–H and O–H groups in total. The predicted octanol–water partition coefficient (Wildman–Crippen LogP) is -3.15. The quantitative estimate of drug-likeness (QED) is 0.324. The van der Waals surface area contributed by atoms with Gasteiger partial charge in [0.1, 0.15) is 30.5 Å². The Kier molecular flexibility index (Phi) is 7.52. The zero-order valence-corrected chi connectivity index (χ0v) is 15.0. The molecule has 0 radical (unpaired) electrons. The summed E-state index contributed by atoms with van der Waals surface area (Å²) < 4.78 is 28.2. The van der Waals surface area contributed by atoms with Crippen molar-refractivity contribution < 1.29 is 28.8 Å². The minimum absolute atomic E-state index is 0.211. The molecular weight excluding hydrogens is 332 g/mol. The van der Waals surface area contributed by atoms with E-state index in [1.54, 1.807) is 14.2 Å². The first-order valence-corrected chi connectivity index (χ1v) is 8.43. The molecule has 1 aliphatic carbocycles. The Hall–Kier alpha value is -0.400. The smallest absolute Gasteiger partial charge is 0.176 e. The number of nitrogens with two attached hydrogens (primary N) is 4. The van der Waals surface area contributed by atoms with Gasteiger partial charge in [0.25, 0.3) is 0 Å². The number of rotatable bonds is 6. The highest BCUT2D eigenvalue weighted by Gasteiger charge is 2.49. The Morgan fingerprint density at radius 1 is 0.920 bits per heavy atom. The maximum atomic E-state index is 10.3. The largest absolute Gasteiger partial charge is 0.389 e. The van der Waals surface area contributed by atoms with Crippen molar-refractivity contribution in [2.45, 2.75) is 67.5 Å². The number of hydrogen-bond acceptors (Lipinski definition) is 10. The first-order valence-electron chi connectivity index (χ1n) is 8.43. The van der Waals surface area contributed by atoms with Gasteiger partial charge in [-0.3, -0.25) is 0 Å². The summed E-state index contributed by atoms with van der Waals surface area (Å²) in [4.78, 5) is 0. The number of ether oxygens (including phenoxy) is 5. The molecule has 0 unspecified atom stereocenters. The van der Waals surface area contributed by atoms with Gasteiger partial charge < -0.3 is 51.7 Å². The summed E-state index contributed by atoms with van der Waals surface area (Å²) in [5.41, 5.74) is 24.1. The Balaban J connectivity index is 2.16. The molecule has 0 amide bonds. The molecule has 1 heterocycles. The second-order valence-electron chi connectivity index (χ2n) is 6.61. The van der Waals surface area contributed by atoms with Crippen molar-refractivity contribution in [2.75, 3.05) is 27.9 Å². The second-order valence-corrected chi connectivity index (χ2v) is 6.61. The molecule has 10 atom stereocenters. The lowest BCUT2D eigenvalue weighted by atomic mass is 9.84. The van der Waals surface area contributed by atoms with Gasteiger partial charge in [0, 0.05) is 40.0 Å². The van der Waals surface area contributed by atoms with Crippen molar-refractivity contribution in [1.29, 1.82) is 0 Å². The highest BCUT2D eigenvalue weighted by Crippen LogP contribution is 2.29. The van der Waals surface area contributed by atoms with Crippen molar-refractivity contribution in [3.8, 4) is 0 Å². The topological polar surface area (TPSA) is 170 Å². The zero-order chi connectivity index (χ0) is 18.7. The van der Waals surface area contributed by atoms with E-state index in [0.717, 1.165) is 0 Å². The van der Waals surface area contributed by atoms with Gasteiger partial charge in [-0.05, 0) is 6.42 Å². The van der Waals surface area contributed by atoms with E-state index in [9.17, 15) is 5.11 Å². The van der Waals surface area contributed by atoms with Gasteiger partial charge in [-0.25, -0.2) is 0 Å². The Bertz CT molecular complexity index is 419. The van der Waals surface area contributed by atoms with Crippen LogP contribution in [0.4, 0.5) is 0 Å². The molecule has 0 aromatic heterocycles. The van der Waals surface area contributed by atoms with E-state index >= 15 is 0 Å². The highest BCUT2D eigenvalue weighted by atomic mass is 16.7. The normalized spacial score (nSPS) is 48.5. The van der Waals surface area contributed by atoms with E-state index in [1.807, 2.05) is 0 Å². The average Bonchev–Trinajstić information content (AvgIpc) is 2.60. The van der Waals surface area contributed by atoms with Crippen molar-refractivity contribution in [2.24, 2.45) is 22.9 Å². The number of aliphatic hydroxyl groups is 1. The lowest BCUT2D eigenvalue weighted by molar-refractivity contribution is -0.294. The highest BCUT2D eigenvalue weighted by molar-refractivity contribution is 5.00. The SMILES string of the molecule is CO[C@@H]1[C@@H](N)[C@@H](O[C@H]2[C@H](OC)[C@@H](O)[C@H](N)C[C@@H]2N)O[C@H](CN)[C@H]1OC. The Morgan fingerprint density at radius 3 is 2.04 bits per heavy atom. The summed E-state index contributed by atoms with van der Waals surface area (Å²) in [7, 11) is 4.56. The van der Waals surface area contributed by atoms with Crippen molar-refractivity contribution in [3.63, 3.8) is 0 Å². The predicted molar refractivity (Wildman–Crippen MR) is 89.5 cm³/mol. The standard InChI is InChI=1S/C15H32N4O6/c1-21-12-8(5-16)24-15(9(19)13(12)22-2)25-11-7(18)4-6(17)10(20)14(11)23-3/h6-15,20H,4-5,16-19H2,1-3H3/t6-,7+,8-,9-,10+,11-,12-,13-,14-,15-/m1/s1. The fourth-order valence-electron chi connectivity index (χ4n) is 3.69. The lowest BCUT2D eigenvalue weighted by Gasteiger charge is -2.47. The zero-order valence-electron chi connectivity index (χ0n) is 15.0. The van der Waals surface area contributed by atoms with Crippen LogP contribution in [-0.2, 0) is 23.7 Å². The van der Waals surface area contributed by atoms with Crippen LogP contribution in [-0.4, -0.2) is 94.0 Å². The maximum absolute atomic E-state index is 10.3. The molecule has 2 rings (SSSR count). The fourth-order valence-corrected chi connectivity index (χ4v) is 3.69. The number of methoxy groups -OCH3 is 3. The van der Waals surface area contributed by atoms with Crippen LogP contribution in [0.15, 0.2) is 0 Å². The van der Waals surface area contributed by atoms with Crippen LogP contribution >= 0.6 is 0 Å². The molecule has 0 aromatic rings. The first kappa shape index (κ1) is 20.9. The van der Waals surface area contributed by atoms with Crippen LogP contribution in [0.3, 0.4) is 0 Å². The molecular formula is C15H32N4O6. The average molecular weight is 364 g/mol. The van der Waals surface area contributed by atoms with E-state index < -0.39 is 61.0 Å². The summed E-state index contributed by atoms with van der Waals surface area (Å²) in [5, 5.41) is 10.3. The van der Waals surface area contributed by atoms with Crippen molar-refractivity contribution in [1.82, 2.24) is 0 Å².